The highest BCUT2D eigenvalue weighted by Gasteiger charge is 2.35. The van der Waals surface area contributed by atoms with Gasteiger partial charge in [0.05, 0.1) is 11.3 Å². The Bertz CT molecular complexity index is 1130. The molecule has 1 saturated heterocycles. The van der Waals surface area contributed by atoms with Crippen LogP contribution in [-0.2, 0) is 9.59 Å². The molecule has 2 aromatic rings. The Kier molecular flexibility index (Phi) is 4.81. The molecule has 2 aliphatic rings. The molecule has 0 radical (unpaired) electrons. The van der Waals surface area contributed by atoms with E-state index in [4.69, 9.17) is 21.7 Å². The zero-order valence-electron chi connectivity index (χ0n) is 14.5. The van der Waals surface area contributed by atoms with Gasteiger partial charge in [0.15, 0.2) is 16.6 Å². The summed E-state index contributed by atoms with van der Waals surface area (Å²) in [5.41, 5.74) is 0.577. The number of fused-ring (bicyclic) bond motifs is 1. The van der Waals surface area contributed by atoms with Crippen LogP contribution < -0.4 is 19.7 Å². The summed E-state index contributed by atoms with van der Waals surface area (Å²) in [5.74, 6) is -1.44. The van der Waals surface area contributed by atoms with Crippen LogP contribution in [0.15, 0.2) is 46.4 Å². The minimum absolute atomic E-state index is 0.0148. The molecule has 10 heteroatoms. The van der Waals surface area contributed by atoms with Crippen molar-refractivity contribution in [3.05, 3.63) is 57.6 Å². The number of halogens is 1. The lowest BCUT2D eigenvalue weighted by Gasteiger charge is -2.29. The maximum Gasteiger partial charge on any atom is 0.335 e. The summed E-state index contributed by atoms with van der Waals surface area (Å²) < 4.78 is 11.2. The number of carbonyl (C=O) groups excluding carboxylic acids is 2. The summed E-state index contributed by atoms with van der Waals surface area (Å²) in [6.45, 7) is 0.0865. The second-order valence-electron chi connectivity index (χ2n) is 6.04. The lowest BCUT2D eigenvalue weighted by Crippen LogP contribution is -2.54. The Morgan fingerprint density at radius 3 is 2.66 bits per heavy atom. The minimum Gasteiger partial charge on any atom is -0.478 e. The fourth-order valence-corrected chi connectivity index (χ4v) is 3.59. The maximum absolute atomic E-state index is 13.1. The number of ether oxygens (including phenoxy) is 2. The van der Waals surface area contributed by atoms with Gasteiger partial charge >= 0.3 is 5.97 Å². The quantitative estimate of drug-likeness (QED) is 0.400. The van der Waals surface area contributed by atoms with Gasteiger partial charge in [-0.05, 0) is 54.2 Å². The summed E-state index contributed by atoms with van der Waals surface area (Å²) >= 11 is 8.52. The molecule has 0 atom stereocenters. The van der Waals surface area contributed by atoms with E-state index < -0.39 is 17.8 Å². The molecule has 4 rings (SSSR count). The van der Waals surface area contributed by atoms with Gasteiger partial charge < -0.3 is 14.6 Å². The van der Waals surface area contributed by atoms with Crippen molar-refractivity contribution in [2.45, 2.75) is 0 Å². The normalized spacial score (nSPS) is 16.9. The highest BCUT2D eigenvalue weighted by atomic mass is 79.9. The van der Waals surface area contributed by atoms with Gasteiger partial charge in [0.25, 0.3) is 11.8 Å². The zero-order chi connectivity index (χ0) is 20.7. The number of carboxylic acids is 1. The first-order chi connectivity index (χ1) is 13.8. The molecule has 0 aliphatic carbocycles. The number of amides is 2. The van der Waals surface area contributed by atoms with Crippen LogP contribution in [0.5, 0.6) is 11.5 Å². The third kappa shape index (κ3) is 3.47. The highest BCUT2D eigenvalue weighted by molar-refractivity contribution is 9.10. The molecular formula is C19H11BrN2O6S. The van der Waals surface area contributed by atoms with Gasteiger partial charge in [0, 0.05) is 4.47 Å². The highest BCUT2D eigenvalue weighted by Crippen LogP contribution is 2.38. The monoisotopic (exact) mass is 474 g/mol. The summed E-state index contributed by atoms with van der Waals surface area (Å²) in [6.07, 6.45) is 1.40. The van der Waals surface area contributed by atoms with Gasteiger partial charge in [-0.25, -0.2) is 4.79 Å². The van der Waals surface area contributed by atoms with Gasteiger partial charge in [0.1, 0.15) is 5.57 Å². The van der Waals surface area contributed by atoms with Gasteiger partial charge in [-0.15, -0.1) is 0 Å². The Labute approximate surface area is 177 Å². The molecular weight excluding hydrogens is 464 g/mol. The fraction of sp³-hybridized carbons (Fsp3) is 0.0526. The third-order valence-electron chi connectivity index (χ3n) is 4.24. The van der Waals surface area contributed by atoms with E-state index in [-0.39, 0.29) is 28.7 Å². The largest absolute Gasteiger partial charge is 0.478 e. The molecule has 2 amide bonds. The lowest BCUT2D eigenvalue weighted by molar-refractivity contribution is -0.122. The van der Waals surface area contributed by atoms with E-state index in [1.54, 1.807) is 12.1 Å². The van der Waals surface area contributed by atoms with Gasteiger partial charge in [-0.2, -0.15) is 0 Å². The van der Waals surface area contributed by atoms with Crippen molar-refractivity contribution in [2.24, 2.45) is 0 Å². The van der Waals surface area contributed by atoms with Crippen LogP contribution in [0, 0.1) is 0 Å². The van der Waals surface area contributed by atoms with Gasteiger partial charge in [-0.1, -0.05) is 22.0 Å². The molecule has 0 spiro atoms. The van der Waals surface area contributed by atoms with E-state index >= 15 is 0 Å². The Morgan fingerprint density at radius 2 is 1.93 bits per heavy atom. The van der Waals surface area contributed by atoms with Crippen LogP contribution in [0.3, 0.4) is 0 Å². The van der Waals surface area contributed by atoms with E-state index in [1.807, 2.05) is 0 Å². The molecule has 0 aromatic heterocycles. The molecule has 8 nitrogen and oxygen atoms in total. The van der Waals surface area contributed by atoms with Crippen LogP contribution in [0.25, 0.3) is 6.08 Å². The fourth-order valence-electron chi connectivity index (χ4n) is 2.87. The average Bonchev–Trinajstić information content (AvgIpc) is 3.12. The molecule has 2 N–H and O–H groups in total. The van der Waals surface area contributed by atoms with E-state index in [0.29, 0.717) is 21.5 Å². The number of rotatable bonds is 3. The molecule has 2 heterocycles. The van der Waals surface area contributed by atoms with Crippen molar-refractivity contribution in [3.8, 4) is 11.5 Å². The molecule has 1 fully saturated rings. The molecule has 146 valence electrons. The Morgan fingerprint density at radius 1 is 1.21 bits per heavy atom. The third-order valence-corrected chi connectivity index (χ3v) is 5.22. The van der Waals surface area contributed by atoms with Crippen LogP contribution in [-0.4, -0.2) is 34.8 Å². The van der Waals surface area contributed by atoms with Crippen LogP contribution in [0.1, 0.15) is 15.9 Å². The van der Waals surface area contributed by atoms with E-state index in [1.165, 1.54) is 30.3 Å². The molecule has 0 unspecified atom stereocenters. The first-order valence-corrected chi connectivity index (χ1v) is 9.39. The lowest BCUT2D eigenvalue weighted by atomic mass is 10.1. The predicted octanol–water partition coefficient (Wildman–Crippen LogP) is 2.71. The van der Waals surface area contributed by atoms with E-state index in [2.05, 4.69) is 21.2 Å². The summed E-state index contributed by atoms with van der Waals surface area (Å²) in [4.78, 5) is 37.8. The van der Waals surface area contributed by atoms with E-state index in [9.17, 15) is 19.5 Å². The first-order valence-electron chi connectivity index (χ1n) is 8.19. The van der Waals surface area contributed by atoms with Crippen molar-refractivity contribution in [1.82, 2.24) is 5.32 Å². The number of thiocarbonyl (C=S) groups is 1. The van der Waals surface area contributed by atoms with Crippen molar-refractivity contribution in [1.29, 1.82) is 0 Å². The molecule has 29 heavy (non-hydrogen) atoms. The number of aromatic carboxylic acids is 1. The number of nitrogens with one attached hydrogen (secondary N) is 1. The van der Waals surface area contributed by atoms with E-state index in [0.717, 1.165) is 4.90 Å². The number of anilines is 1. The second kappa shape index (κ2) is 7.30. The Hall–Kier alpha value is -3.24. The van der Waals surface area contributed by atoms with Gasteiger partial charge in [0.2, 0.25) is 6.79 Å². The second-order valence-corrected chi connectivity index (χ2v) is 7.28. The van der Waals surface area contributed by atoms with Crippen molar-refractivity contribution >= 4 is 62.8 Å². The topological polar surface area (TPSA) is 105 Å². The van der Waals surface area contributed by atoms with Crippen LogP contribution in [0.4, 0.5) is 5.69 Å². The van der Waals surface area contributed by atoms with Crippen molar-refractivity contribution in [2.75, 3.05) is 11.7 Å². The predicted molar refractivity (Wildman–Crippen MR) is 110 cm³/mol. The minimum atomic E-state index is -1.15. The zero-order valence-corrected chi connectivity index (χ0v) is 16.9. The first kappa shape index (κ1) is 19.1. The average molecular weight is 475 g/mol. The standard InChI is InChI=1S/C19H11BrN2O6S/c20-13-7-15-14(27-8-28-15)6-10(13)5-12-16(23)21-19(29)22(17(12)24)11-3-1-2-9(4-11)18(25)26/h1-7H,8H2,(H,25,26)(H,21,23,29). The molecule has 2 aromatic carbocycles. The molecule has 0 bridgehead atoms. The summed E-state index contributed by atoms with van der Waals surface area (Å²) in [7, 11) is 0. The number of hydrogen-bond donors (Lipinski definition) is 2. The Balaban J connectivity index is 1.75. The van der Waals surface area contributed by atoms with Crippen LogP contribution >= 0.6 is 28.1 Å². The number of hydrogen-bond acceptors (Lipinski definition) is 6. The van der Waals surface area contributed by atoms with Gasteiger partial charge in [-0.3, -0.25) is 19.8 Å². The van der Waals surface area contributed by atoms with Crippen molar-refractivity contribution in [3.63, 3.8) is 0 Å². The molecule has 2 aliphatic heterocycles. The van der Waals surface area contributed by atoms with Crippen molar-refractivity contribution < 1.29 is 29.0 Å². The smallest absolute Gasteiger partial charge is 0.335 e. The molecule has 0 saturated carbocycles. The SMILES string of the molecule is O=C1NC(=S)N(c2cccc(C(=O)O)c2)C(=O)C1=Cc1cc2c(cc1Br)OCO2. The van der Waals surface area contributed by atoms with Crippen LogP contribution in [0.2, 0.25) is 0 Å². The number of nitrogens with zero attached hydrogens (tertiary/aromatic N) is 1. The summed E-state index contributed by atoms with van der Waals surface area (Å²) in [6, 6.07) is 9.03. The maximum atomic E-state index is 13.1. The number of carboxylic acid groups (broad SMARTS) is 1. The summed E-state index contributed by atoms with van der Waals surface area (Å²) in [5, 5.41) is 11.5. The number of benzene rings is 2. The number of carbonyl (C=O) groups is 3.